The quantitative estimate of drug-likeness (QED) is 0.384. The second-order valence-corrected chi connectivity index (χ2v) is 7.38. The Morgan fingerprint density at radius 2 is 1.77 bits per heavy atom. The molecule has 5 heteroatoms. The fourth-order valence-electron chi connectivity index (χ4n) is 1.26. The number of nitrogens with zero attached hydrogens (tertiary/aromatic N) is 2. The van der Waals surface area contributed by atoms with Crippen LogP contribution in [0.1, 0.15) is 19.8 Å². The maximum absolute atomic E-state index is 5.90. The molecule has 2 rings (SSSR count). The van der Waals surface area contributed by atoms with Crippen LogP contribution in [0.4, 0.5) is 0 Å². The van der Waals surface area contributed by atoms with Crippen LogP contribution in [0.3, 0.4) is 0 Å². The zero-order valence-corrected chi connectivity index (χ0v) is 9.82. The van der Waals surface area contributed by atoms with Gasteiger partial charge in [-0.2, -0.15) is 0 Å². The predicted octanol–water partition coefficient (Wildman–Crippen LogP) is 1.66. The summed E-state index contributed by atoms with van der Waals surface area (Å²) in [5.74, 6) is 0. The summed E-state index contributed by atoms with van der Waals surface area (Å²) >= 11 is 5.63. The van der Waals surface area contributed by atoms with Gasteiger partial charge in [-0.05, 0) is 18.2 Å². The van der Waals surface area contributed by atoms with Crippen LogP contribution in [-0.4, -0.2) is 42.1 Å². The highest BCUT2D eigenvalue weighted by Gasteiger charge is 2.44. The monoisotopic (exact) mass is 220 g/mol. The number of unbranched alkanes of at least 4 members (excludes halogenated alkanes) is 1. The van der Waals surface area contributed by atoms with Crippen molar-refractivity contribution in [2.75, 3.05) is 32.8 Å². The van der Waals surface area contributed by atoms with Crippen molar-refractivity contribution >= 4 is 18.4 Å². The molecule has 2 saturated heterocycles. The second-order valence-electron chi connectivity index (χ2n) is 3.58. The topological polar surface area (TPSA) is 15.2 Å². The van der Waals surface area contributed by atoms with Gasteiger partial charge in [-0.25, -0.2) is 9.34 Å². The van der Waals surface area contributed by atoms with Gasteiger partial charge in [0.05, 0.1) is 6.61 Å². The van der Waals surface area contributed by atoms with Crippen LogP contribution in [0.2, 0.25) is 0 Å². The molecule has 0 N–H and O–H groups in total. The van der Waals surface area contributed by atoms with E-state index >= 15 is 0 Å². The Morgan fingerprint density at radius 1 is 1.23 bits per heavy atom. The van der Waals surface area contributed by atoms with Crippen LogP contribution in [0.15, 0.2) is 0 Å². The van der Waals surface area contributed by atoms with Crippen LogP contribution < -0.4 is 0 Å². The van der Waals surface area contributed by atoms with Gasteiger partial charge in [-0.1, -0.05) is 13.3 Å². The first kappa shape index (κ1) is 10.1. The second kappa shape index (κ2) is 3.95. The number of hydrogen-bond acceptors (Lipinski definition) is 2. The lowest BCUT2D eigenvalue weighted by molar-refractivity contribution is 0.311. The standard InChI is InChI=1S/C8H17N2OPS/c1-2-3-8-11-12(13,9-4-5-9)10-6-7-10/h2-8H2,1H3. The molecule has 0 saturated carbocycles. The van der Waals surface area contributed by atoms with E-state index < -0.39 is 6.57 Å². The van der Waals surface area contributed by atoms with Crippen molar-refractivity contribution in [2.24, 2.45) is 0 Å². The van der Waals surface area contributed by atoms with Crippen molar-refractivity contribution in [1.29, 1.82) is 0 Å². The van der Waals surface area contributed by atoms with E-state index in [0.29, 0.717) is 0 Å². The molecule has 3 nitrogen and oxygen atoms in total. The Bertz CT molecular complexity index is 212. The van der Waals surface area contributed by atoms with Gasteiger partial charge in [0.25, 0.3) is 0 Å². The molecule has 13 heavy (non-hydrogen) atoms. The van der Waals surface area contributed by atoms with E-state index in [-0.39, 0.29) is 0 Å². The van der Waals surface area contributed by atoms with Gasteiger partial charge >= 0.3 is 0 Å². The van der Waals surface area contributed by atoms with Crippen LogP contribution in [-0.2, 0) is 16.3 Å². The molecular weight excluding hydrogens is 203 g/mol. The number of hydrogen-bond donors (Lipinski definition) is 0. The Hall–Kier alpha value is 0.530. The van der Waals surface area contributed by atoms with Crippen molar-refractivity contribution in [3.05, 3.63) is 0 Å². The van der Waals surface area contributed by atoms with E-state index in [1.165, 1.54) is 6.42 Å². The van der Waals surface area contributed by atoms with Crippen LogP contribution in [0, 0.1) is 0 Å². The highest BCUT2D eigenvalue weighted by molar-refractivity contribution is 8.10. The summed E-state index contributed by atoms with van der Waals surface area (Å²) in [6.45, 7) is 5.97. The lowest BCUT2D eigenvalue weighted by Gasteiger charge is -2.23. The maximum Gasteiger partial charge on any atom is 0.203 e. The van der Waals surface area contributed by atoms with E-state index in [2.05, 4.69) is 16.3 Å². The van der Waals surface area contributed by atoms with Gasteiger partial charge in [0, 0.05) is 26.2 Å². The number of rotatable bonds is 6. The van der Waals surface area contributed by atoms with Crippen molar-refractivity contribution in [3.8, 4) is 0 Å². The van der Waals surface area contributed by atoms with E-state index in [4.69, 9.17) is 16.3 Å². The van der Waals surface area contributed by atoms with E-state index in [0.717, 1.165) is 39.2 Å². The molecule has 2 aliphatic heterocycles. The third kappa shape index (κ3) is 2.31. The Kier molecular flexibility index (Phi) is 3.06. The van der Waals surface area contributed by atoms with Gasteiger partial charge in [0.2, 0.25) is 6.57 Å². The summed E-state index contributed by atoms with van der Waals surface area (Å²) in [6, 6.07) is 0. The van der Waals surface area contributed by atoms with Gasteiger partial charge in [-0.3, -0.25) is 0 Å². The minimum atomic E-state index is -1.67. The molecule has 2 heterocycles. The molecule has 0 aliphatic carbocycles. The maximum atomic E-state index is 5.90. The highest BCUT2D eigenvalue weighted by Crippen LogP contribution is 2.61. The van der Waals surface area contributed by atoms with E-state index in [9.17, 15) is 0 Å². The van der Waals surface area contributed by atoms with Crippen LogP contribution in [0.5, 0.6) is 0 Å². The minimum absolute atomic E-state index is 0.848. The van der Waals surface area contributed by atoms with Gasteiger partial charge in [0.15, 0.2) is 0 Å². The Labute approximate surface area is 85.2 Å². The molecule has 0 spiro atoms. The smallest absolute Gasteiger partial charge is 0.203 e. The largest absolute Gasteiger partial charge is 0.327 e. The molecule has 0 aromatic rings. The zero-order valence-electron chi connectivity index (χ0n) is 8.11. The molecule has 0 aromatic carbocycles. The summed E-state index contributed by atoms with van der Waals surface area (Å²) in [5.41, 5.74) is 0. The first-order chi connectivity index (χ1) is 6.27. The predicted molar refractivity (Wildman–Crippen MR) is 58.3 cm³/mol. The zero-order chi connectivity index (χ0) is 9.31. The van der Waals surface area contributed by atoms with Crippen molar-refractivity contribution in [3.63, 3.8) is 0 Å². The molecule has 0 atom stereocenters. The van der Waals surface area contributed by atoms with Crippen molar-refractivity contribution in [2.45, 2.75) is 19.8 Å². The van der Waals surface area contributed by atoms with Gasteiger partial charge in [-0.15, -0.1) is 0 Å². The lowest BCUT2D eigenvalue weighted by atomic mass is 10.4. The summed E-state index contributed by atoms with van der Waals surface area (Å²) in [6.07, 6.45) is 2.33. The summed E-state index contributed by atoms with van der Waals surface area (Å²) in [4.78, 5) is 0. The molecule has 0 amide bonds. The highest BCUT2D eigenvalue weighted by atomic mass is 32.5. The summed E-state index contributed by atoms with van der Waals surface area (Å²) < 4.78 is 10.5. The van der Waals surface area contributed by atoms with E-state index in [1.807, 2.05) is 0 Å². The third-order valence-corrected chi connectivity index (χ3v) is 6.77. The molecule has 0 aromatic heterocycles. The van der Waals surface area contributed by atoms with Gasteiger partial charge < -0.3 is 4.52 Å². The average molecular weight is 220 g/mol. The van der Waals surface area contributed by atoms with Crippen molar-refractivity contribution in [1.82, 2.24) is 9.34 Å². The fourth-order valence-corrected chi connectivity index (χ4v) is 4.71. The SMILES string of the molecule is CCCCOP(=S)(N1CC1)N1CC1. The van der Waals surface area contributed by atoms with Crippen molar-refractivity contribution < 1.29 is 4.52 Å². The van der Waals surface area contributed by atoms with Gasteiger partial charge in [0.1, 0.15) is 0 Å². The molecule has 0 unspecified atom stereocenters. The Balaban J connectivity index is 1.85. The fraction of sp³-hybridized carbons (Fsp3) is 1.00. The molecule has 76 valence electrons. The van der Waals surface area contributed by atoms with Crippen LogP contribution in [0.25, 0.3) is 0 Å². The summed E-state index contributed by atoms with van der Waals surface area (Å²) in [5, 5.41) is 0. The third-order valence-electron chi connectivity index (χ3n) is 2.32. The average Bonchev–Trinajstić information content (AvgIpc) is 2.95. The molecule has 0 bridgehead atoms. The Morgan fingerprint density at radius 3 is 2.15 bits per heavy atom. The molecule has 2 fully saturated rings. The van der Waals surface area contributed by atoms with Crippen LogP contribution >= 0.6 is 6.57 Å². The summed E-state index contributed by atoms with van der Waals surface area (Å²) in [7, 11) is 0. The first-order valence-corrected chi connectivity index (χ1v) is 7.65. The first-order valence-electron chi connectivity index (χ1n) is 5.03. The van der Waals surface area contributed by atoms with E-state index in [1.54, 1.807) is 0 Å². The minimum Gasteiger partial charge on any atom is -0.327 e. The molecule has 2 aliphatic rings. The molecule has 0 radical (unpaired) electrons. The molecular formula is C8H17N2OPS. The lowest BCUT2D eigenvalue weighted by Crippen LogP contribution is -2.08. The normalized spacial score (nSPS) is 23.5.